The molecule has 0 spiro atoms. The second-order valence-corrected chi connectivity index (χ2v) is 7.72. The molecule has 2 heterocycles. The summed E-state index contributed by atoms with van der Waals surface area (Å²) in [6.45, 7) is 2.04. The number of nitrogens with one attached hydrogen (secondary N) is 1. The second-order valence-electron chi connectivity index (χ2n) is 7.72. The summed E-state index contributed by atoms with van der Waals surface area (Å²) in [5.41, 5.74) is 2.34. The van der Waals surface area contributed by atoms with Gasteiger partial charge in [0.15, 0.2) is 0 Å². The average Bonchev–Trinajstić information content (AvgIpc) is 3.38. The predicted molar refractivity (Wildman–Crippen MR) is 117 cm³/mol. The molecule has 1 N–H and O–H groups in total. The minimum absolute atomic E-state index is 0.190. The lowest BCUT2D eigenvalue weighted by atomic mass is 9.79. The van der Waals surface area contributed by atoms with Gasteiger partial charge in [-0.15, -0.1) is 0 Å². The van der Waals surface area contributed by atoms with Crippen LogP contribution in [0.2, 0.25) is 0 Å². The van der Waals surface area contributed by atoms with Crippen LogP contribution in [-0.4, -0.2) is 43.9 Å². The number of para-hydroxylation sites is 1. The molecule has 2 aromatic carbocycles. The molecule has 0 saturated carbocycles. The zero-order chi connectivity index (χ0) is 22.0. The molecular formula is C25H25NO5. The van der Waals surface area contributed by atoms with E-state index in [1.54, 1.807) is 6.08 Å². The molecule has 0 radical (unpaired) electrons. The summed E-state index contributed by atoms with van der Waals surface area (Å²) in [4.78, 5) is 25.4. The van der Waals surface area contributed by atoms with Gasteiger partial charge in [0.05, 0.1) is 31.4 Å². The van der Waals surface area contributed by atoms with Crippen LogP contribution in [0.5, 0.6) is 0 Å². The van der Waals surface area contributed by atoms with Gasteiger partial charge >= 0.3 is 11.9 Å². The maximum absolute atomic E-state index is 12.9. The summed E-state index contributed by atoms with van der Waals surface area (Å²) in [5, 5.41) is 3.52. The highest BCUT2D eigenvalue weighted by molar-refractivity contribution is 6.05. The average molecular weight is 419 g/mol. The van der Waals surface area contributed by atoms with E-state index in [-0.39, 0.29) is 17.2 Å². The molecule has 160 valence electrons. The molecule has 0 aromatic heterocycles. The number of benzene rings is 2. The van der Waals surface area contributed by atoms with E-state index in [1.165, 1.54) is 14.2 Å². The molecular weight excluding hydrogens is 394 g/mol. The maximum Gasteiger partial charge on any atom is 0.337 e. The SMILES string of the molecule is COC(=O)C1=C(C(=O)OC)[C@]2([C@H](Cc3ccc(C)cc3)Nc3ccccc3)C=C[C@H]1O2. The van der Waals surface area contributed by atoms with E-state index in [4.69, 9.17) is 14.2 Å². The number of hydrogen-bond acceptors (Lipinski definition) is 6. The molecule has 3 atom stereocenters. The second kappa shape index (κ2) is 8.40. The van der Waals surface area contributed by atoms with Crippen molar-refractivity contribution in [1.82, 2.24) is 0 Å². The Hall–Kier alpha value is -3.38. The number of carbonyl (C=O) groups excluding carboxylic acids is 2. The Labute approximate surface area is 181 Å². The van der Waals surface area contributed by atoms with Crippen LogP contribution in [0, 0.1) is 6.92 Å². The van der Waals surface area contributed by atoms with Crippen LogP contribution in [0.4, 0.5) is 5.69 Å². The topological polar surface area (TPSA) is 73.9 Å². The van der Waals surface area contributed by atoms with Gasteiger partial charge in [-0.1, -0.05) is 54.1 Å². The fraction of sp³-hybridized carbons (Fsp3) is 0.280. The van der Waals surface area contributed by atoms with Gasteiger partial charge in [0, 0.05) is 5.69 Å². The Morgan fingerprint density at radius 3 is 2.35 bits per heavy atom. The van der Waals surface area contributed by atoms with E-state index in [0.717, 1.165) is 16.8 Å². The molecule has 0 fully saturated rings. The lowest BCUT2D eigenvalue weighted by Gasteiger charge is -2.36. The Morgan fingerprint density at radius 2 is 1.71 bits per heavy atom. The van der Waals surface area contributed by atoms with Gasteiger partial charge in [0.2, 0.25) is 0 Å². The van der Waals surface area contributed by atoms with Crippen LogP contribution in [0.1, 0.15) is 11.1 Å². The first-order chi connectivity index (χ1) is 15.0. The van der Waals surface area contributed by atoms with Crippen molar-refractivity contribution in [3.05, 3.63) is 89.0 Å². The van der Waals surface area contributed by atoms with Crippen molar-refractivity contribution in [3.63, 3.8) is 0 Å². The quantitative estimate of drug-likeness (QED) is 0.548. The van der Waals surface area contributed by atoms with Crippen molar-refractivity contribution < 1.29 is 23.8 Å². The van der Waals surface area contributed by atoms with Crippen LogP contribution in [-0.2, 0) is 30.2 Å². The van der Waals surface area contributed by atoms with E-state index >= 15 is 0 Å². The highest BCUT2D eigenvalue weighted by Crippen LogP contribution is 2.47. The number of fused-ring (bicyclic) bond motifs is 2. The van der Waals surface area contributed by atoms with Crippen LogP contribution in [0.3, 0.4) is 0 Å². The monoisotopic (exact) mass is 419 g/mol. The summed E-state index contributed by atoms with van der Waals surface area (Å²) in [6.07, 6.45) is 3.56. The summed E-state index contributed by atoms with van der Waals surface area (Å²) in [5.74, 6) is -1.19. The Bertz CT molecular complexity index is 1040. The summed E-state index contributed by atoms with van der Waals surface area (Å²) >= 11 is 0. The lowest BCUT2D eigenvalue weighted by Crippen LogP contribution is -2.49. The molecule has 31 heavy (non-hydrogen) atoms. The van der Waals surface area contributed by atoms with Crippen molar-refractivity contribution in [2.24, 2.45) is 0 Å². The number of methoxy groups -OCH3 is 2. The van der Waals surface area contributed by atoms with Gasteiger partial charge < -0.3 is 19.5 Å². The first-order valence-electron chi connectivity index (χ1n) is 10.1. The summed E-state index contributed by atoms with van der Waals surface area (Å²) in [7, 11) is 2.59. The number of carbonyl (C=O) groups is 2. The number of aryl methyl sites for hydroxylation is 1. The van der Waals surface area contributed by atoms with Crippen molar-refractivity contribution in [2.45, 2.75) is 31.1 Å². The van der Waals surface area contributed by atoms with E-state index in [2.05, 4.69) is 17.4 Å². The van der Waals surface area contributed by atoms with Gasteiger partial charge in [0.25, 0.3) is 0 Å². The molecule has 2 aliphatic heterocycles. The molecule has 6 nitrogen and oxygen atoms in total. The zero-order valence-electron chi connectivity index (χ0n) is 17.8. The molecule has 6 heteroatoms. The van der Waals surface area contributed by atoms with Gasteiger partial charge in [-0.3, -0.25) is 0 Å². The third-order valence-electron chi connectivity index (χ3n) is 5.77. The van der Waals surface area contributed by atoms with Crippen molar-refractivity contribution in [2.75, 3.05) is 19.5 Å². The van der Waals surface area contributed by atoms with E-state index in [1.807, 2.05) is 55.5 Å². The Morgan fingerprint density at radius 1 is 1.03 bits per heavy atom. The van der Waals surface area contributed by atoms with Crippen molar-refractivity contribution >= 4 is 17.6 Å². The van der Waals surface area contributed by atoms with Crippen molar-refractivity contribution in [1.29, 1.82) is 0 Å². The molecule has 2 aromatic rings. The number of ether oxygens (including phenoxy) is 3. The van der Waals surface area contributed by atoms with Crippen LogP contribution in [0.25, 0.3) is 0 Å². The number of esters is 2. The first kappa shape index (κ1) is 20.9. The summed E-state index contributed by atoms with van der Waals surface area (Å²) in [6, 6.07) is 17.5. The minimum atomic E-state index is -1.16. The number of hydrogen-bond donors (Lipinski definition) is 1. The molecule has 2 bridgehead atoms. The van der Waals surface area contributed by atoms with E-state index in [9.17, 15) is 9.59 Å². The summed E-state index contributed by atoms with van der Waals surface area (Å²) < 4.78 is 16.3. The van der Waals surface area contributed by atoms with E-state index in [0.29, 0.717) is 6.42 Å². The largest absolute Gasteiger partial charge is 0.466 e. The highest BCUT2D eigenvalue weighted by atomic mass is 16.6. The zero-order valence-corrected chi connectivity index (χ0v) is 17.8. The van der Waals surface area contributed by atoms with Gasteiger partial charge in [-0.05, 0) is 37.1 Å². The predicted octanol–water partition coefficient (Wildman–Crippen LogP) is 3.37. The fourth-order valence-corrected chi connectivity index (χ4v) is 4.25. The molecule has 0 saturated heterocycles. The van der Waals surface area contributed by atoms with Crippen molar-refractivity contribution in [3.8, 4) is 0 Å². The molecule has 0 unspecified atom stereocenters. The van der Waals surface area contributed by atoms with Crippen LogP contribution >= 0.6 is 0 Å². The lowest BCUT2D eigenvalue weighted by molar-refractivity contribution is -0.139. The minimum Gasteiger partial charge on any atom is -0.466 e. The Kier molecular flexibility index (Phi) is 5.65. The van der Waals surface area contributed by atoms with Gasteiger partial charge in [0.1, 0.15) is 11.7 Å². The molecule has 0 amide bonds. The fourth-order valence-electron chi connectivity index (χ4n) is 4.25. The number of anilines is 1. The third-order valence-corrected chi connectivity index (χ3v) is 5.77. The highest BCUT2D eigenvalue weighted by Gasteiger charge is 2.58. The third kappa shape index (κ3) is 3.75. The van der Waals surface area contributed by atoms with Gasteiger partial charge in [-0.2, -0.15) is 0 Å². The maximum atomic E-state index is 12.9. The number of rotatable bonds is 7. The molecule has 4 rings (SSSR count). The van der Waals surface area contributed by atoms with Gasteiger partial charge in [-0.25, -0.2) is 9.59 Å². The Balaban J connectivity index is 1.81. The van der Waals surface area contributed by atoms with E-state index < -0.39 is 23.6 Å². The first-order valence-corrected chi connectivity index (χ1v) is 10.1. The van der Waals surface area contributed by atoms with Crippen LogP contribution in [0.15, 0.2) is 77.9 Å². The molecule has 0 aliphatic carbocycles. The standard InChI is InChI=1S/C25H25NO5/c1-16-9-11-17(12-10-16)15-20(26-18-7-5-4-6-8-18)25-14-13-19(31-25)21(23(27)29-2)22(25)24(28)30-3/h4-14,19-20,26H,15H2,1-3H3/t19-,20+,25-/m1/s1. The smallest absolute Gasteiger partial charge is 0.337 e. The van der Waals surface area contributed by atoms with Crippen LogP contribution < -0.4 is 5.32 Å². The normalized spacial score (nSPS) is 22.4. The molecule has 2 aliphatic rings.